The van der Waals surface area contributed by atoms with Crippen molar-refractivity contribution >= 4 is 18.0 Å². The van der Waals surface area contributed by atoms with Crippen LogP contribution < -0.4 is 10.6 Å². The molecule has 8 nitrogen and oxygen atoms in total. The molecule has 204 valence electrons. The fourth-order valence-electron chi connectivity index (χ4n) is 4.82. The van der Waals surface area contributed by atoms with Crippen LogP contribution in [0.1, 0.15) is 43.4 Å². The highest BCUT2D eigenvalue weighted by Gasteiger charge is 2.34. The van der Waals surface area contributed by atoms with E-state index in [2.05, 4.69) is 10.6 Å². The normalized spacial score (nSPS) is 14.6. The molecule has 0 bridgehead atoms. The van der Waals surface area contributed by atoms with Crippen LogP contribution in [-0.4, -0.2) is 47.9 Å². The molecule has 2 amide bonds. The molecule has 0 radical (unpaired) electrons. The Morgan fingerprint density at radius 1 is 0.795 bits per heavy atom. The summed E-state index contributed by atoms with van der Waals surface area (Å²) in [7, 11) is 0. The van der Waals surface area contributed by atoms with Crippen LogP contribution in [0.5, 0.6) is 0 Å². The Morgan fingerprint density at radius 3 is 1.92 bits per heavy atom. The van der Waals surface area contributed by atoms with E-state index in [-0.39, 0.29) is 25.0 Å². The first-order valence-corrected chi connectivity index (χ1v) is 13.1. The maximum atomic E-state index is 13.2. The van der Waals surface area contributed by atoms with E-state index in [0.29, 0.717) is 0 Å². The number of alkyl carbamates (subject to hydrolysis) is 1. The maximum absolute atomic E-state index is 13.2. The number of benzene rings is 3. The summed E-state index contributed by atoms with van der Waals surface area (Å²) in [4.78, 5) is 37.9. The summed E-state index contributed by atoms with van der Waals surface area (Å²) < 4.78 is 11.5. The van der Waals surface area contributed by atoms with Crippen LogP contribution in [0.2, 0.25) is 0 Å². The summed E-state index contributed by atoms with van der Waals surface area (Å²) in [5.74, 6) is -2.32. The summed E-state index contributed by atoms with van der Waals surface area (Å²) in [5.41, 5.74) is 5.25. The van der Waals surface area contributed by atoms with Crippen LogP contribution in [0.4, 0.5) is 4.79 Å². The van der Waals surface area contributed by atoms with Gasteiger partial charge in [-0.1, -0.05) is 92.7 Å². The highest BCUT2D eigenvalue weighted by atomic mass is 16.5. The third-order valence-corrected chi connectivity index (χ3v) is 6.96. The van der Waals surface area contributed by atoms with E-state index < -0.39 is 36.2 Å². The lowest BCUT2D eigenvalue weighted by atomic mass is 9.98. The molecule has 3 aromatic rings. The largest absolute Gasteiger partial charge is 0.480 e. The van der Waals surface area contributed by atoms with Gasteiger partial charge in [0.15, 0.2) is 0 Å². The van der Waals surface area contributed by atoms with E-state index >= 15 is 0 Å². The monoisotopic (exact) mass is 530 g/mol. The molecule has 0 aromatic heterocycles. The van der Waals surface area contributed by atoms with Gasteiger partial charge >= 0.3 is 12.1 Å². The molecule has 3 atom stereocenters. The van der Waals surface area contributed by atoms with Crippen molar-refractivity contribution < 1.29 is 29.0 Å². The molecule has 8 heteroatoms. The molecule has 3 N–H and O–H groups in total. The van der Waals surface area contributed by atoms with Gasteiger partial charge in [0.05, 0.1) is 12.7 Å². The van der Waals surface area contributed by atoms with Crippen molar-refractivity contribution in [3.63, 3.8) is 0 Å². The Balaban J connectivity index is 1.46. The lowest BCUT2D eigenvalue weighted by Crippen LogP contribution is -2.57. The molecule has 0 heterocycles. The molecule has 0 saturated carbocycles. The van der Waals surface area contributed by atoms with Crippen molar-refractivity contribution in [2.24, 2.45) is 5.92 Å². The van der Waals surface area contributed by atoms with E-state index in [1.54, 1.807) is 20.8 Å². The minimum absolute atomic E-state index is 0.0806. The summed E-state index contributed by atoms with van der Waals surface area (Å²) in [6.45, 7) is 5.34. The molecular formula is C31H34N2O6. The summed E-state index contributed by atoms with van der Waals surface area (Å²) in [6, 6.07) is 23.1. The lowest BCUT2D eigenvalue weighted by Gasteiger charge is -2.27. The highest BCUT2D eigenvalue weighted by Crippen LogP contribution is 2.44. The summed E-state index contributed by atoms with van der Waals surface area (Å²) in [6.07, 6.45) is -1.56. The van der Waals surface area contributed by atoms with E-state index in [9.17, 15) is 19.5 Å². The first-order chi connectivity index (χ1) is 18.8. The van der Waals surface area contributed by atoms with Crippen LogP contribution in [-0.2, 0) is 25.7 Å². The Kier molecular flexibility index (Phi) is 8.99. The second-order valence-corrected chi connectivity index (χ2v) is 10.0. The Morgan fingerprint density at radius 2 is 1.36 bits per heavy atom. The molecular weight excluding hydrogens is 496 g/mol. The Bertz CT molecular complexity index is 1260. The van der Waals surface area contributed by atoms with E-state index in [1.807, 2.05) is 78.9 Å². The second kappa shape index (κ2) is 12.6. The third kappa shape index (κ3) is 6.64. The van der Waals surface area contributed by atoms with E-state index in [4.69, 9.17) is 9.47 Å². The quantitative estimate of drug-likeness (QED) is 0.331. The van der Waals surface area contributed by atoms with Gasteiger partial charge in [-0.3, -0.25) is 4.79 Å². The zero-order valence-corrected chi connectivity index (χ0v) is 22.3. The molecule has 0 fully saturated rings. The van der Waals surface area contributed by atoms with Crippen molar-refractivity contribution in [1.29, 1.82) is 0 Å². The van der Waals surface area contributed by atoms with Gasteiger partial charge in [-0.05, 0) is 40.7 Å². The van der Waals surface area contributed by atoms with Crippen LogP contribution >= 0.6 is 0 Å². The average molecular weight is 531 g/mol. The number of hydrogen-bond donors (Lipinski definition) is 3. The molecule has 0 saturated heterocycles. The molecule has 1 aliphatic rings. The van der Waals surface area contributed by atoms with Crippen molar-refractivity contribution in [2.45, 2.75) is 51.5 Å². The number of aliphatic carboxylic acids is 1. The van der Waals surface area contributed by atoms with Crippen molar-refractivity contribution in [3.05, 3.63) is 95.6 Å². The van der Waals surface area contributed by atoms with Crippen LogP contribution in [0, 0.1) is 5.92 Å². The molecule has 1 unspecified atom stereocenters. The van der Waals surface area contributed by atoms with Gasteiger partial charge < -0.3 is 25.2 Å². The molecule has 0 spiro atoms. The van der Waals surface area contributed by atoms with E-state index in [1.165, 1.54) is 0 Å². The van der Waals surface area contributed by atoms with E-state index in [0.717, 1.165) is 27.8 Å². The number of amides is 2. The SMILES string of the molecule is CC(C)C(NC(=O)[C@H](NC(=O)OCC1c2ccccc2-c2ccccc21)[C@H](C)OCc1ccccc1)C(=O)O. The summed E-state index contributed by atoms with van der Waals surface area (Å²) >= 11 is 0. The number of carboxylic acid groups (broad SMARTS) is 1. The predicted octanol–water partition coefficient (Wildman–Crippen LogP) is 4.72. The van der Waals surface area contributed by atoms with Gasteiger partial charge in [0.2, 0.25) is 5.91 Å². The number of ether oxygens (including phenoxy) is 2. The Labute approximate surface area is 228 Å². The number of nitrogens with one attached hydrogen (secondary N) is 2. The zero-order valence-electron chi connectivity index (χ0n) is 22.3. The van der Waals surface area contributed by atoms with Crippen LogP contribution in [0.15, 0.2) is 78.9 Å². The van der Waals surface area contributed by atoms with Gasteiger partial charge in [0.1, 0.15) is 18.7 Å². The number of carboxylic acids is 1. The van der Waals surface area contributed by atoms with Crippen molar-refractivity contribution in [3.8, 4) is 11.1 Å². The van der Waals surface area contributed by atoms with Gasteiger partial charge in [0, 0.05) is 5.92 Å². The first kappa shape index (κ1) is 27.9. The van der Waals surface area contributed by atoms with Gasteiger partial charge in [0.25, 0.3) is 0 Å². The molecule has 1 aliphatic carbocycles. The van der Waals surface area contributed by atoms with Crippen molar-refractivity contribution in [2.75, 3.05) is 6.61 Å². The predicted molar refractivity (Wildman–Crippen MR) is 147 cm³/mol. The molecule has 0 aliphatic heterocycles. The average Bonchev–Trinajstić information content (AvgIpc) is 3.26. The highest BCUT2D eigenvalue weighted by molar-refractivity contribution is 5.90. The first-order valence-electron chi connectivity index (χ1n) is 13.1. The van der Waals surface area contributed by atoms with Crippen LogP contribution in [0.25, 0.3) is 11.1 Å². The zero-order chi connectivity index (χ0) is 27.9. The number of fused-ring (bicyclic) bond motifs is 3. The third-order valence-electron chi connectivity index (χ3n) is 6.96. The van der Waals surface area contributed by atoms with Gasteiger partial charge in [-0.15, -0.1) is 0 Å². The standard InChI is InChI=1S/C31H34N2O6/c1-19(2)27(30(35)36)32-29(34)28(20(3)38-17-21-11-5-4-6-12-21)33-31(37)39-18-26-24-15-9-7-13-22(24)23-14-8-10-16-25(23)26/h4-16,19-20,26-28H,17-18H2,1-3H3,(H,32,34)(H,33,37)(H,35,36)/t20-,27?,28+/m0/s1. The lowest BCUT2D eigenvalue weighted by molar-refractivity contribution is -0.144. The molecule has 3 aromatic carbocycles. The number of carbonyl (C=O) groups is 3. The number of rotatable bonds is 11. The fourth-order valence-corrected chi connectivity index (χ4v) is 4.82. The van der Waals surface area contributed by atoms with Crippen molar-refractivity contribution in [1.82, 2.24) is 10.6 Å². The van der Waals surface area contributed by atoms with Gasteiger partial charge in [-0.2, -0.15) is 0 Å². The second-order valence-electron chi connectivity index (χ2n) is 10.0. The maximum Gasteiger partial charge on any atom is 0.407 e. The molecule has 4 rings (SSSR count). The van der Waals surface area contributed by atoms with Gasteiger partial charge in [-0.25, -0.2) is 9.59 Å². The minimum Gasteiger partial charge on any atom is -0.480 e. The fraction of sp³-hybridized carbons (Fsp3) is 0.323. The smallest absolute Gasteiger partial charge is 0.407 e. The molecule has 39 heavy (non-hydrogen) atoms. The Hall–Kier alpha value is -4.17. The number of hydrogen-bond acceptors (Lipinski definition) is 5. The minimum atomic E-state index is -1.18. The summed E-state index contributed by atoms with van der Waals surface area (Å²) in [5, 5.41) is 14.7. The van der Waals surface area contributed by atoms with Crippen LogP contribution in [0.3, 0.4) is 0 Å². The number of carbonyl (C=O) groups excluding carboxylic acids is 2. The topological polar surface area (TPSA) is 114 Å².